The third-order valence-corrected chi connectivity index (χ3v) is 5.17. The summed E-state index contributed by atoms with van der Waals surface area (Å²) < 4.78 is 11.1. The van der Waals surface area contributed by atoms with Gasteiger partial charge in [-0.3, -0.25) is 4.79 Å². The summed E-state index contributed by atoms with van der Waals surface area (Å²) in [5.41, 5.74) is 0.440. The van der Waals surface area contributed by atoms with Gasteiger partial charge >= 0.3 is 0 Å². The van der Waals surface area contributed by atoms with E-state index in [2.05, 4.69) is 15.7 Å². The van der Waals surface area contributed by atoms with Crippen LogP contribution < -0.4 is 10.1 Å². The summed E-state index contributed by atoms with van der Waals surface area (Å²) in [5.74, 6) is -0.353. The first-order valence-electron chi connectivity index (χ1n) is 9.98. The van der Waals surface area contributed by atoms with Crippen LogP contribution in [-0.4, -0.2) is 27.3 Å². The van der Waals surface area contributed by atoms with E-state index in [4.69, 9.17) is 9.26 Å². The molecule has 3 aromatic rings. The zero-order valence-corrected chi connectivity index (χ0v) is 16.6. The second kappa shape index (κ2) is 8.86. The van der Waals surface area contributed by atoms with E-state index in [9.17, 15) is 19.9 Å². The summed E-state index contributed by atoms with van der Waals surface area (Å²) in [7, 11) is 0. The van der Waals surface area contributed by atoms with Crippen LogP contribution in [0.2, 0.25) is 0 Å². The topological polar surface area (TPSA) is 134 Å². The van der Waals surface area contributed by atoms with Crippen molar-refractivity contribution in [2.45, 2.75) is 38.1 Å². The van der Waals surface area contributed by atoms with Crippen LogP contribution in [0.15, 0.2) is 52.2 Å². The van der Waals surface area contributed by atoms with E-state index in [0.29, 0.717) is 5.75 Å². The fourth-order valence-electron chi connectivity index (χ4n) is 3.62. The summed E-state index contributed by atoms with van der Waals surface area (Å²) in [5, 5.41) is 29.9. The highest BCUT2D eigenvalue weighted by Gasteiger charge is 2.23. The van der Waals surface area contributed by atoms with Gasteiger partial charge in [0.1, 0.15) is 34.2 Å². The van der Waals surface area contributed by atoms with E-state index in [0.717, 1.165) is 31.7 Å². The van der Waals surface area contributed by atoms with E-state index in [1.165, 1.54) is 42.8 Å². The van der Waals surface area contributed by atoms with Crippen LogP contribution in [0.4, 0.5) is 5.69 Å². The van der Waals surface area contributed by atoms with Gasteiger partial charge in [0, 0.05) is 24.2 Å². The predicted molar refractivity (Wildman–Crippen MR) is 112 cm³/mol. The van der Waals surface area contributed by atoms with Gasteiger partial charge in [-0.1, -0.05) is 24.4 Å². The van der Waals surface area contributed by atoms with Crippen LogP contribution in [0.3, 0.4) is 0 Å². The van der Waals surface area contributed by atoms with Gasteiger partial charge in [0.15, 0.2) is 11.5 Å². The fourth-order valence-corrected chi connectivity index (χ4v) is 3.62. The molecule has 9 heteroatoms. The average molecular weight is 423 g/mol. The molecule has 0 bridgehead atoms. The highest BCUT2D eigenvalue weighted by molar-refractivity contribution is 5.93. The number of phenolic OH excluding ortho intramolecular Hbond substituents is 2. The van der Waals surface area contributed by atoms with Crippen LogP contribution in [0.5, 0.6) is 23.0 Å². The van der Waals surface area contributed by atoms with Crippen LogP contribution >= 0.6 is 0 Å². The smallest absolute Gasteiger partial charge is 0.273 e. The molecule has 160 valence electrons. The number of amides is 1. The zero-order valence-electron chi connectivity index (χ0n) is 16.6. The Kier molecular flexibility index (Phi) is 5.83. The second-order valence-electron chi connectivity index (χ2n) is 7.41. The van der Waals surface area contributed by atoms with Gasteiger partial charge in [0.2, 0.25) is 0 Å². The van der Waals surface area contributed by atoms with E-state index in [-0.39, 0.29) is 51.9 Å². The minimum Gasteiger partial charge on any atom is -0.508 e. The van der Waals surface area contributed by atoms with Crippen molar-refractivity contribution < 1.29 is 24.3 Å². The molecule has 1 heterocycles. The summed E-state index contributed by atoms with van der Waals surface area (Å²) in [6.45, 7) is 0. The lowest BCUT2D eigenvalue weighted by atomic mass is 9.95. The van der Waals surface area contributed by atoms with Gasteiger partial charge in [-0.05, 0) is 42.3 Å². The molecule has 0 saturated heterocycles. The number of nitrogens with one attached hydrogen (secondary N) is 1. The van der Waals surface area contributed by atoms with Gasteiger partial charge in [-0.15, -0.1) is 4.91 Å². The van der Waals surface area contributed by atoms with Gasteiger partial charge in [0.05, 0.1) is 0 Å². The Balaban J connectivity index is 1.60. The Morgan fingerprint density at radius 1 is 1.10 bits per heavy atom. The minimum absolute atomic E-state index is 0.0831. The number of carbonyl (C=O) groups excluding carboxylic acids is 1. The van der Waals surface area contributed by atoms with Crippen molar-refractivity contribution in [1.82, 2.24) is 10.5 Å². The van der Waals surface area contributed by atoms with E-state index >= 15 is 0 Å². The largest absolute Gasteiger partial charge is 0.508 e. The number of benzene rings is 2. The third-order valence-electron chi connectivity index (χ3n) is 5.17. The molecule has 9 nitrogen and oxygen atoms in total. The molecule has 0 spiro atoms. The fraction of sp³-hybridized carbons (Fsp3) is 0.273. The first kappa shape index (κ1) is 20.4. The lowest BCUT2D eigenvalue weighted by Gasteiger charge is -2.22. The zero-order chi connectivity index (χ0) is 21.8. The molecule has 3 N–H and O–H groups in total. The minimum atomic E-state index is -0.348. The van der Waals surface area contributed by atoms with Gasteiger partial charge in [-0.25, -0.2) is 0 Å². The van der Waals surface area contributed by atoms with Gasteiger partial charge < -0.3 is 24.8 Å². The van der Waals surface area contributed by atoms with Crippen molar-refractivity contribution in [2.75, 3.05) is 0 Å². The molecular weight excluding hydrogens is 402 g/mol. The van der Waals surface area contributed by atoms with Crippen LogP contribution in [-0.2, 0) is 0 Å². The van der Waals surface area contributed by atoms with Crippen molar-refractivity contribution >= 4 is 11.6 Å². The maximum atomic E-state index is 12.5. The molecule has 1 aliphatic rings. The number of ether oxygens (including phenoxy) is 1. The number of rotatable bonds is 6. The van der Waals surface area contributed by atoms with Crippen molar-refractivity contribution in [1.29, 1.82) is 0 Å². The SMILES string of the molecule is O=Nc1ccc(Oc2cc(O)cc(O)c2-c2cc(C(=O)NC3CCCCC3)no2)cc1. The van der Waals surface area contributed by atoms with Crippen molar-refractivity contribution in [3.8, 4) is 34.3 Å². The average Bonchev–Trinajstić information content (AvgIpc) is 3.24. The Morgan fingerprint density at radius 3 is 2.55 bits per heavy atom. The second-order valence-corrected chi connectivity index (χ2v) is 7.41. The number of aromatic nitrogens is 1. The lowest BCUT2D eigenvalue weighted by molar-refractivity contribution is 0.0918. The summed E-state index contributed by atoms with van der Waals surface area (Å²) in [6, 6.07) is 9.93. The molecule has 2 aromatic carbocycles. The molecular formula is C22H21N3O6. The van der Waals surface area contributed by atoms with E-state index in [1.807, 2.05) is 0 Å². The molecule has 1 saturated carbocycles. The Labute approximate surface area is 177 Å². The molecule has 4 rings (SSSR count). The first-order chi connectivity index (χ1) is 15.0. The number of carbonyl (C=O) groups is 1. The molecule has 0 radical (unpaired) electrons. The molecule has 0 aliphatic heterocycles. The Hall–Kier alpha value is -3.88. The van der Waals surface area contributed by atoms with Gasteiger partial charge in [0.25, 0.3) is 5.91 Å². The highest BCUT2D eigenvalue weighted by atomic mass is 16.5. The molecule has 1 aliphatic carbocycles. The maximum Gasteiger partial charge on any atom is 0.273 e. The summed E-state index contributed by atoms with van der Waals surface area (Å²) in [6.07, 6.45) is 5.22. The van der Waals surface area contributed by atoms with Crippen molar-refractivity contribution in [3.05, 3.63) is 53.1 Å². The molecule has 1 amide bonds. The van der Waals surface area contributed by atoms with Crippen molar-refractivity contribution in [2.24, 2.45) is 5.18 Å². The van der Waals surface area contributed by atoms with Gasteiger partial charge in [-0.2, -0.15) is 0 Å². The van der Waals surface area contributed by atoms with E-state index < -0.39 is 0 Å². The van der Waals surface area contributed by atoms with E-state index in [1.54, 1.807) is 0 Å². The molecule has 0 atom stereocenters. The number of aromatic hydroxyl groups is 2. The standard InChI is InChI=1S/C22H21N3O6/c26-15-10-18(27)21(19(11-15)30-16-8-6-14(24-29)7-9-16)20-12-17(25-31-20)22(28)23-13-4-2-1-3-5-13/h6-13,26-27H,1-5H2,(H,23,28). The summed E-state index contributed by atoms with van der Waals surface area (Å²) >= 11 is 0. The molecule has 1 aromatic heterocycles. The summed E-state index contributed by atoms with van der Waals surface area (Å²) in [4.78, 5) is 23.1. The number of nitroso groups, excluding NO2 is 1. The first-order valence-corrected chi connectivity index (χ1v) is 9.98. The third kappa shape index (κ3) is 4.66. The van der Waals surface area contributed by atoms with Crippen LogP contribution in [0.25, 0.3) is 11.3 Å². The Morgan fingerprint density at radius 2 is 1.84 bits per heavy atom. The van der Waals surface area contributed by atoms with Crippen LogP contribution in [0, 0.1) is 4.91 Å². The van der Waals surface area contributed by atoms with Crippen LogP contribution in [0.1, 0.15) is 42.6 Å². The number of nitrogens with zero attached hydrogens (tertiary/aromatic N) is 2. The normalized spacial score (nSPS) is 14.2. The maximum absolute atomic E-state index is 12.5. The molecule has 0 unspecified atom stereocenters. The number of hydrogen-bond donors (Lipinski definition) is 3. The lowest BCUT2D eigenvalue weighted by Crippen LogP contribution is -2.36. The Bertz CT molecular complexity index is 1090. The highest BCUT2D eigenvalue weighted by Crippen LogP contribution is 2.43. The number of phenols is 2. The van der Waals surface area contributed by atoms with Crippen molar-refractivity contribution in [3.63, 3.8) is 0 Å². The monoisotopic (exact) mass is 423 g/mol. The number of hydrogen-bond acceptors (Lipinski definition) is 8. The molecule has 1 fully saturated rings. The predicted octanol–water partition coefficient (Wildman–Crippen LogP) is 5.01. The molecule has 31 heavy (non-hydrogen) atoms. The quantitative estimate of drug-likeness (QED) is 0.475.